The lowest BCUT2D eigenvalue weighted by Gasteiger charge is -2.36. The van der Waals surface area contributed by atoms with Gasteiger partial charge in [-0.2, -0.15) is 0 Å². The van der Waals surface area contributed by atoms with E-state index in [1.807, 2.05) is 13.0 Å². The molecule has 0 bridgehead atoms. The van der Waals surface area contributed by atoms with Crippen molar-refractivity contribution in [3.63, 3.8) is 0 Å². The molecule has 1 atom stereocenters. The SMILES string of the molecule is C/C=C1\CCC(C(C)(C)CC)OC1=O. The van der Waals surface area contributed by atoms with Crippen LogP contribution in [0.1, 0.15) is 47.0 Å². The number of rotatable bonds is 2. The predicted molar refractivity (Wildman–Crippen MR) is 56.9 cm³/mol. The van der Waals surface area contributed by atoms with E-state index in [9.17, 15) is 4.79 Å². The maximum Gasteiger partial charge on any atom is 0.333 e. The van der Waals surface area contributed by atoms with Crippen molar-refractivity contribution in [1.82, 2.24) is 0 Å². The Labute approximate surface area is 86.3 Å². The largest absolute Gasteiger partial charge is 0.458 e. The van der Waals surface area contributed by atoms with Crippen LogP contribution in [0.2, 0.25) is 0 Å². The lowest BCUT2D eigenvalue weighted by atomic mass is 9.80. The van der Waals surface area contributed by atoms with Gasteiger partial charge in [0.25, 0.3) is 0 Å². The van der Waals surface area contributed by atoms with Crippen molar-refractivity contribution in [3.05, 3.63) is 11.6 Å². The fourth-order valence-electron chi connectivity index (χ4n) is 1.69. The first-order valence-electron chi connectivity index (χ1n) is 5.37. The Bertz CT molecular complexity index is 251. The zero-order valence-electron chi connectivity index (χ0n) is 9.59. The molecular weight excluding hydrogens is 176 g/mol. The molecule has 1 heterocycles. The summed E-state index contributed by atoms with van der Waals surface area (Å²) in [4.78, 5) is 11.5. The molecule has 0 saturated carbocycles. The van der Waals surface area contributed by atoms with Crippen LogP contribution in [-0.2, 0) is 9.53 Å². The van der Waals surface area contributed by atoms with Gasteiger partial charge >= 0.3 is 5.97 Å². The van der Waals surface area contributed by atoms with Crippen LogP contribution >= 0.6 is 0 Å². The molecule has 0 N–H and O–H groups in total. The highest BCUT2D eigenvalue weighted by Gasteiger charge is 2.35. The monoisotopic (exact) mass is 196 g/mol. The molecule has 1 fully saturated rings. The van der Waals surface area contributed by atoms with Crippen molar-refractivity contribution in [2.45, 2.75) is 53.1 Å². The second-order valence-corrected chi connectivity index (χ2v) is 4.59. The summed E-state index contributed by atoms with van der Waals surface area (Å²) in [5.74, 6) is -0.120. The molecular formula is C12H20O2. The highest BCUT2D eigenvalue weighted by molar-refractivity contribution is 5.89. The van der Waals surface area contributed by atoms with E-state index in [0.717, 1.165) is 24.8 Å². The number of esters is 1. The van der Waals surface area contributed by atoms with E-state index in [1.54, 1.807) is 0 Å². The summed E-state index contributed by atoms with van der Waals surface area (Å²) in [7, 11) is 0. The van der Waals surface area contributed by atoms with Crippen molar-refractivity contribution < 1.29 is 9.53 Å². The quantitative estimate of drug-likeness (QED) is 0.501. The third-order valence-corrected chi connectivity index (χ3v) is 3.32. The van der Waals surface area contributed by atoms with Crippen LogP contribution in [0.4, 0.5) is 0 Å². The van der Waals surface area contributed by atoms with Crippen LogP contribution in [0, 0.1) is 5.41 Å². The first-order valence-corrected chi connectivity index (χ1v) is 5.37. The Morgan fingerprint density at radius 2 is 2.21 bits per heavy atom. The number of ether oxygens (including phenoxy) is 1. The maximum atomic E-state index is 11.5. The summed E-state index contributed by atoms with van der Waals surface area (Å²) in [5.41, 5.74) is 0.933. The highest BCUT2D eigenvalue weighted by Crippen LogP contribution is 2.34. The first-order chi connectivity index (χ1) is 6.51. The molecule has 0 aromatic heterocycles. The summed E-state index contributed by atoms with van der Waals surface area (Å²) in [6.45, 7) is 8.35. The minimum absolute atomic E-state index is 0.0868. The third-order valence-electron chi connectivity index (χ3n) is 3.32. The number of carbonyl (C=O) groups excluding carboxylic acids is 1. The number of hydrogen-bond donors (Lipinski definition) is 0. The first kappa shape index (κ1) is 11.3. The summed E-state index contributed by atoms with van der Waals surface area (Å²) in [5, 5.41) is 0. The van der Waals surface area contributed by atoms with Crippen LogP contribution in [0.25, 0.3) is 0 Å². The van der Waals surface area contributed by atoms with Gasteiger partial charge in [-0.25, -0.2) is 4.79 Å². The summed E-state index contributed by atoms with van der Waals surface area (Å²) < 4.78 is 5.44. The third kappa shape index (κ3) is 2.17. The lowest BCUT2D eigenvalue weighted by molar-refractivity contribution is -0.155. The van der Waals surface area contributed by atoms with Gasteiger partial charge in [-0.1, -0.05) is 26.8 Å². The molecule has 80 valence electrons. The van der Waals surface area contributed by atoms with E-state index in [4.69, 9.17) is 4.74 Å². The number of carbonyl (C=O) groups is 1. The van der Waals surface area contributed by atoms with E-state index in [1.165, 1.54) is 0 Å². The maximum absolute atomic E-state index is 11.5. The molecule has 1 aliphatic rings. The Hall–Kier alpha value is -0.790. The van der Waals surface area contributed by atoms with E-state index >= 15 is 0 Å². The van der Waals surface area contributed by atoms with Gasteiger partial charge in [0.05, 0.1) is 0 Å². The molecule has 1 saturated heterocycles. The number of cyclic esters (lactones) is 1. The van der Waals surface area contributed by atoms with E-state index < -0.39 is 0 Å². The molecule has 2 heteroatoms. The van der Waals surface area contributed by atoms with Gasteiger partial charge in [-0.15, -0.1) is 0 Å². The standard InChI is InChI=1S/C12H20O2/c1-5-9-7-8-10(14-11(9)13)12(3,4)6-2/h5,10H,6-8H2,1-4H3/b9-5+. The van der Waals surface area contributed by atoms with Crippen LogP contribution < -0.4 is 0 Å². The minimum atomic E-state index is -0.120. The predicted octanol–water partition coefficient (Wildman–Crippen LogP) is 3.07. The molecule has 0 aliphatic carbocycles. The molecule has 0 aromatic rings. The zero-order valence-corrected chi connectivity index (χ0v) is 9.59. The molecule has 1 aliphatic heterocycles. The van der Waals surface area contributed by atoms with E-state index in [2.05, 4.69) is 20.8 Å². The normalized spacial score (nSPS) is 26.4. The van der Waals surface area contributed by atoms with Crippen molar-refractivity contribution in [1.29, 1.82) is 0 Å². The average Bonchev–Trinajstić information content (AvgIpc) is 2.17. The van der Waals surface area contributed by atoms with Crippen LogP contribution in [-0.4, -0.2) is 12.1 Å². The van der Waals surface area contributed by atoms with Crippen LogP contribution in [0.3, 0.4) is 0 Å². The fourth-order valence-corrected chi connectivity index (χ4v) is 1.69. The number of allylic oxidation sites excluding steroid dienone is 1. The van der Waals surface area contributed by atoms with Crippen molar-refractivity contribution in [2.24, 2.45) is 5.41 Å². The summed E-state index contributed by atoms with van der Waals surface area (Å²) in [6, 6.07) is 0. The molecule has 0 amide bonds. The van der Waals surface area contributed by atoms with Gasteiger partial charge in [0.1, 0.15) is 6.10 Å². The summed E-state index contributed by atoms with van der Waals surface area (Å²) in [6.07, 6.45) is 4.81. The van der Waals surface area contributed by atoms with Crippen molar-refractivity contribution in [2.75, 3.05) is 0 Å². The Balaban J connectivity index is 2.68. The van der Waals surface area contributed by atoms with Crippen LogP contribution in [0.5, 0.6) is 0 Å². The summed E-state index contributed by atoms with van der Waals surface area (Å²) >= 11 is 0. The Kier molecular flexibility index (Phi) is 3.35. The van der Waals surface area contributed by atoms with E-state index in [-0.39, 0.29) is 17.5 Å². The topological polar surface area (TPSA) is 26.3 Å². The van der Waals surface area contributed by atoms with Gasteiger partial charge in [0.15, 0.2) is 0 Å². The van der Waals surface area contributed by atoms with Gasteiger partial charge < -0.3 is 4.74 Å². The molecule has 1 unspecified atom stereocenters. The molecule has 0 aromatic carbocycles. The van der Waals surface area contributed by atoms with Crippen molar-refractivity contribution in [3.8, 4) is 0 Å². The molecule has 2 nitrogen and oxygen atoms in total. The fraction of sp³-hybridized carbons (Fsp3) is 0.750. The molecule has 1 rings (SSSR count). The van der Waals surface area contributed by atoms with E-state index in [0.29, 0.717) is 0 Å². The average molecular weight is 196 g/mol. The molecule has 14 heavy (non-hydrogen) atoms. The highest BCUT2D eigenvalue weighted by atomic mass is 16.5. The second kappa shape index (κ2) is 4.16. The van der Waals surface area contributed by atoms with Crippen molar-refractivity contribution >= 4 is 5.97 Å². The minimum Gasteiger partial charge on any atom is -0.458 e. The second-order valence-electron chi connectivity index (χ2n) is 4.59. The smallest absolute Gasteiger partial charge is 0.333 e. The number of hydrogen-bond acceptors (Lipinski definition) is 2. The van der Waals surface area contributed by atoms with Gasteiger partial charge in [0.2, 0.25) is 0 Å². The van der Waals surface area contributed by atoms with Gasteiger partial charge in [0, 0.05) is 11.0 Å². The van der Waals surface area contributed by atoms with Crippen LogP contribution in [0.15, 0.2) is 11.6 Å². The lowest BCUT2D eigenvalue weighted by Crippen LogP contribution is -2.37. The van der Waals surface area contributed by atoms with Gasteiger partial charge in [-0.05, 0) is 26.2 Å². The zero-order chi connectivity index (χ0) is 10.8. The van der Waals surface area contributed by atoms with Gasteiger partial charge in [-0.3, -0.25) is 0 Å². The Morgan fingerprint density at radius 1 is 1.57 bits per heavy atom. The molecule has 0 spiro atoms. The molecule has 0 radical (unpaired) electrons. The Morgan fingerprint density at radius 3 is 2.64 bits per heavy atom.